The van der Waals surface area contributed by atoms with Gasteiger partial charge in [0.2, 0.25) is 0 Å². The molecule has 1 fully saturated rings. The van der Waals surface area contributed by atoms with E-state index in [4.69, 9.17) is 0 Å². The van der Waals surface area contributed by atoms with Gasteiger partial charge in [-0.3, -0.25) is 4.79 Å². The summed E-state index contributed by atoms with van der Waals surface area (Å²) in [5.74, 6) is 0.0729. The summed E-state index contributed by atoms with van der Waals surface area (Å²) in [4.78, 5) is 14.9. The summed E-state index contributed by atoms with van der Waals surface area (Å²) in [6.45, 7) is 6.47. The Morgan fingerprint density at radius 1 is 1.69 bits per heavy atom. The Kier molecular flexibility index (Phi) is 3.50. The predicted molar refractivity (Wildman–Crippen MR) is 62.6 cm³/mol. The summed E-state index contributed by atoms with van der Waals surface area (Å²) in [6, 6.07) is 0.319. The number of carbonyl (C=O) groups is 1. The number of aromatic nitrogens is 2. The number of hydrogen-bond acceptors (Lipinski definition) is 5. The smallest absolute Gasteiger partial charge is 0.267 e. The zero-order chi connectivity index (χ0) is 11.5. The number of hydrogen-bond donors (Lipinski definition) is 1. The molecule has 1 N–H and O–H groups in total. The third-order valence-corrected chi connectivity index (χ3v) is 3.74. The largest absolute Gasteiger partial charge is 0.334 e. The molecule has 1 saturated heterocycles. The Labute approximate surface area is 99.0 Å². The van der Waals surface area contributed by atoms with E-state index >= 15 is 0 Å². The predicted octanol–water partition coefficient (Wildman–Crippen LogP) is 0.671. The van der Waals surface area contributed by atoms with Crippen molar-refractivity contribution in [3.63, 3.8) is 0 Å². The van der Waals surface area contributed by atoms with E-state index in [1.165, 1.54) is 11.5 Å². The van der Waals surface area contributed by atoms with Gasteiger partial charge in [0, 0.05) is 19.1 Å². The number of nitrogens with one attached hydrogen (secondary N) is 1. The van der Waals surface area contributed by atoms with E-state index in [1.807, 2.05) is 18.7 Å². The number of aryl methyl sites for hydroxylation is 1. The highest BCUT2D eigenvalue weighted by atomic mass is 32.1. The van der Waals surface area contributed by atoms with Crippen LogP contribution in [0.25, 0.3) is 0 Å². The van der Waals surface area contributed by atoms with Crippen molar-refractivity contribution in [2.45, 2.75) is 26.3 Å². The van der Waals surface area contributed by atoms with Crippen LogP contribution >= 0.6 is 11.5 Å². The highest BCUT2D eigenvalue weighted by Crippen LogP contribution is 2.17. The van der Waals surface area contributed by atoms with Crippen molar-refractivity contribution < 1.29 is 4.79 Å². The maximum atomic E-state index is 12.3. The van der Waals surface area contributed by atoms with E-state index in [0.29, 0.717) is 10.9 Å². The Bertz CT molecular complexity index is 373. The quantitative estimate of drug-likeness (QED) is 0.843. The van der Waals surface area contributed by atoms with Crippen LogP contribution in [0.5, 0.6) is 0 Å². The van der Waals surface area contributed by atoms with Crippen LogP contribution in [0.1, 0.15) is 28.7 Å². The molecule has 0 saturated carbocycles. The lowest BCUT2D eigenvalue weighted by molar-refractivity contribution is 0.0708. The maximum absolute atomic E-state index is 12.3. The molecule has 5 nitrogen and oxygen atoms in total. The van der Waals surface area contributed by atoms with Crippen LogP contribution in [0.3, 0.4) is 0 Å². The van der Waals surface area contributed by atoms with Crippen LogP contribution in [0.4, 0.5) is 0 Å². The molecule has 0 aromatic carbocycles. The molecule has 1 unspecified atom stereocenters. The first-order valence-corrected chi connectivity index (χ1v) is 6.32. The first kappa shape index (κ1) is 11.5. The molecule has 1 aromatic heterocycles. The molecule has 0 spiro atoms. The van der Waals surface area contributed by atoms with Gasteiger partial charge in [0.25, 0.3) is 5.91 Å². The Morgan fingerprint density at radius 2 is 2.50 bits per heavy atom. The van der Waals surface area contributed by atoms with Crippen LogP contribution < -0.4 is 5.32 Å². The van der Waals surface area contributed by atoms with Crippen LogP contribution in [-0.2, 0) is 0 Å². The molecule has 1 amide bonds. The van der Waals surface area contributed by atoms with E-state index in [1.54, 1.807) is 0 Å². The van der Waals surface area contributed by atoms with Gasteiger partial charge in [-0.05, 0) is 38.3 Å². The molecular weight excluding hydrogens is 224 g/mol. The van der Waals surface area contributed by atoms with E-state index in [-0.39, 0.29) is 5.91 Å². The van der Waals surface area contributed by atoms with E-state index in [0.717, 1.165) is 31.7 Å². The molecule has 1 atom stereocenters. The van der Waals surface area contributed by atoms with Crippen molar-refractivity contribution in [2.75, 3.05) is 19.6 Å². The third kappa shape index (κ3) is 2.08. The monoisotopic (exact) mass is 240 g/mol. The second-order valence-corrected chi connectivity index (χ2v) is 4.68. The molecule has 1 aromatic rings. The fraction of sp³-hybridized carbons (Fsp3) is 0.700. The molecule has 6 heteroatoms. The van der Waals surface area contributed by atoms with Crippen molar-refractivity contribution in [3.05, 3.63) is 10.6 Å². The van der Waals surface area contributed by atoms with Crippen LogP contribution in [0, 0.1) is 6.92 Å². The summed E-state index contributed by atoms with van der Waals surface area (Å²) in [7, 11) is 0. The SMILES string of the molecule is CCN(C(=O)c1snnc1C)C1CCNC1. The Morgan fingerprint density at radius 3 is 3.00 bits per heavy atom. The van der Waals surface area contributed by atoms with Gasteiger partial charge in [-0.25, -0.2) is 0 Å². The highest BCUT2D eigenvalue weighted by molar-refractivity contribution is 7.07. The van der Waals surface area contributed by atoms with Crippen LogP contribution in [0.2, 0.25) is 0 Å². The molecule has 0 aliphatic carbocycles. The molecule has 16 heavy (non-hydrogen) atoms. The average molecular weight is 240 g/mol. The molecule has 2 rings (SSSR count). The van der Waals surface area contributed by atoms with Gasteiger partial charge in [-0.1, -0.05) is 4.49 Å². The van der Waals surface area contributed by atoms with Crippen molar-refractivity contribution in [3.8, 4) is 0 Å². The van der Waals surface area contributed by atoms with Gasteiger partial charge in [-0.15, -0.1) is 5.10 Å². The minimum Gasteiger partial charge on any atom is -0.334 e. The van der Waals surface area contributed by atoms with Gasteiger partial charge in [0.1, 0.15) is 4.88 Å². The fourth-order valence-electron chi connectivity index (χ4n) is 2.03. The van der Waals surface area contributed by atoms with E-state index < -0.39 is 0 Å². The lowest BCUT2D eigenvalue weighted by Crippen LogP contribution is -2.41. The zero-order valence-corrected chi connectivity index (χ0v) is 10.4. The van der Waals surface area contributed by atoms with Crippen molar-refractivity contribution in [2.24, 2.45) is 0 Å². The maximum Gasteiger partial charge on any atom is 0.267 e. The third-order valence-electron chi connectivity index (χ3n) is 2.92. The molecule has 0 bridgehead atoms. The molecule has 2 heterocycles. The average Bonchev–Trinajstić information content (AvgIpc) is 2.90. The molecular formula is C10H16N4OS. The summed E-state index contributed by atoms with van der Waals surface area (Å²) < 4.78 is 3.81. The van der Waals surface area contributed by atoms with Crippen molar-refractivity contribution in [1.82, 2.24) is 19.8 Å². The van der Waals surface area contributed by atoms with Crippen molar-refractivity contribution >= 4 is 17.4 Å². The second-order valence-electron chi connectivity index (χ2n) is 3.93. The summed E-state index contributed by atoms with van der Waals surface area (Å²) in [5.41, 5.74) is 0.736. The molecule has 0 radical (unpaired) electrons. The first-order valence-electron chi connectivity index (χ1n) is 5.54. The van der Waals surface area contributed by atoms with Crippen molar-refractivity contribution in [1.29, 1.82) is 0 Å². The Balaban J connectivity index is 2.15. The lowest BCUT2D eigenvalue weighted by Gasteiger charge is -2.26. The van der Waals surface area contributed by atoms with Crippen LogP contribution in [0.15, 0.2) is 0 Å². The molecule has 88 valence electrons. The summed E-state index contributed by atoms with van der Waals surface area (Å²) in [5, 5.41) is 7.17. The summed E-state index contributed by atoms with van der Waals surface area (Å²) in [6.07, 6.45) is 1.03. The second kappa shape index (κ2) is 4.88. The first-order chi connectivity index (χ1) is 7.74. The number of nitrogens with zero attached hydrogens (tertiary/aromatic N) is 3. The highest BCUT2D eigenvalue weighted by Gasteiger charge is 2.28. The normalized spacial score (nSPS) is 20.0. The number of carbonyl (C=O) groups excluding carboxylic acids is 1. The van der Waals surface area contributed by atoms with Gasteiger partial charge in [-0.2, -0.15) is 0 Å². The molecule has 1 aliphatic heterocycles. The van der Waals surface area contributed by atoms with Gasteiger partial charge in [0.05, 0.1) is 5.69 Å². The van der Waals surface area contributed by atoms with Gasteiger partial charge >= 0.3 is 0 Å². The standard InChI is InChI=1S/C10H16N4OS/c1-3-14(8-4-5-11-6-8)10(15)9-7(2)12-13-16-9/h8,11H,3-6H2,1-2H3. The van der Waals surface area contributed by atoms with E-state index in [2.05, 4.69) is 14.9 Å². The molecule has 1 aliphatic rings. The lowest BCUT2D eigenvalue weighted by atomic mass is 10.2. The Hall–Kier alpha value is -1.01. The minimum absolute atomic E-state index is 0.0729. The van der Waals surface area contributed by atoms with Gasteiger partial charge in [0.15, 0.2) is 0 Å². The van der Waals surface area contributed by atoms with Crippen LogP contribution in [-0.4, -0.2) is 46.1 Å². The topological polar surface area (TPSA) is 58.1 Å². The fourth-order valence-corrected chi connectivity index (χ4v) is 2.64. The number of amides is 1. The van der Waals surface area contributed by atoms with E-state index in [9.17, 15) is 4.79 Å². The summed E-state index contributed by atoms with van der Waals surface area (Å²) >= 11 is 1.19. The number of rotatable bonds is 3. The number of likely N-dealkylation sites (N-methyl/N-ethyl adjacent to an activating group) is 1. The zero-order valence-electron chi connectivity index (χ0n) is 9.56. The minimum atomic E-state index is 0.0729. The van der Waals surface area contributed by atoms with Gasteiger partial charge < -0.3 is 10.2 Å².